The topological polar surface area (TPSA) is 35.2 Å². The second-order valence-electron chi connectivity index (χ2n) is 2.97. The first-order valence-corrected chi connectivity index (χ1v) is 4.29. The summed E-state index contributed by atoms with van der Waals surface area (Å²) in [4.78, 5) is 0. The Morgan fingerprint density at radius 2 is 2.08 bits per heavy atom. The predicted octanol–water partition coefficient (Wildman–Crippen LogP) is 2.85. The maximum absolute atomic E-state index is 12.9. The van der Waals surface area contributed by atoms with Gasteiger partial charge in [-0.2, -0.15) is 0 Å². The third-order valence-corrected chi connectivity index (χ3v) is 1.71. The van der Waals surface area contributed by atoms with Crippen LogP contribution in [0.2, 0.25) is 5.02 Å². The van der Waals surface area contributed by atoms with Gasteiger partial charge < -0.3 is 10.5 Å². The van der Waals surface area contributed by atoms with E-state index in [1.54, 1.807) is 0 Å². The van der Waals surface area contributed by atoms with Gasteiger partial charge in [0.1, 0.15) is 11.6 Å². The van der Waals surface area contributed by atoms with Crippen LogP contribution in [0.5, 0.6) is 5.75 Å². The molecule has 1 aromatic carbocycles. The molecule has 0 aliphatic carbocycles. The van der Waals surface area contributed by atoms with Crippen molar-refractivity contribution in [3.63, 3.8) is 0 Å². The molecule has 0 unspecified atom stereocenters. The monoisotopic (exact) mass is 203 g/mol. The Balaban J connectivity index is 3.01. The molecule has 0 bridgehead atoms. The number of halogens is 2. The Morgan fingerprint density at radius 3 is 2.62 bits per heavy atom. The van der Waals surface area contributed by atoms with Crippen molar-refractivity contribution >= 4 is 17.3 Å². The Morgan fingerprint density at radius 1 is 1.46 bits per heavy atom. The van der Waals surface area contributed by atoms with E-state index in [1.165, 1.54) is 12.1 Å². The van der Waals surface area contributed by atoms with Gasteiger partial charge in [-0.1, -0.05) is 11.6 Å². The summed E-state index contributed by atoms with van der Waals surface area (Å²) in [5.74, 6) is -0.191. The minimum absolute atomic E-state index is 0.00797. The van der Waals surface area contributed by atoms with Gasteiger partial charge in [0, 0.05) is 6.07 Å². The lowest BCUT2D eigenvalue weighted by Gasteiger charge is -2.12. The molecule has 0 radical (unpaired) electrons. The third kappa shape index (κ3) is 2.49. The van der Waals surface area contributed by atoms with Crippen LogP contribution in [0.1, 0.15) is 13.8 Å². The van der Waals surface area contributed by atoms with Crippen LogP contribution in [0.3, 0.4) is 0 Å². The summed E-state index contributed by atoms with van der Waals surface area (Å²) in [6, 6.07) is 2.53. The fourth-order valence-corrected chi connectivity index (χ4v) is 1.07. The Kier molecular flexibility index (Phi) is 2.98. The highest BCUT2D eigenvalue weighted by Crippen LogP contribution is 2.28. The van der Waals surface area contributed by atoms with E-state index in [0.717, 1.165) is 0 Å². The molecule has 1 rings (SSSR count). The van der Waals surface area contributed by atoms with Crippen LogP contribution >= 0.6 is 11.6 Å². The molecular weight excluding hydrogens is 193 g/mol. The van der Waals surface area contributed by atoms with E-state index in [-0.39, 0.29) is 11.1 Å². The van der Waals surface area contributed by atoms with E-state index in [4.69, 9.17) is 22.1 Å². The lowest BCUT2D eigenvalue weighted by atomic mass is 10.3. The normalized spacial score (nSPS) is 10.5. The van der Waals surface area contributed by atoms with Crippen LogP contribution < -0.4 is 10.5 Å². The fourth-order valence-electron chi connectivity index (χ4n) is 0.900. The number of hydrogen-bond acceptors (Lipinski definition) is 2. The van der Waals surface area contributed by atoms with E-state index in [0.29, 0.717) is 11.4 Å². The minimum Gasteiger partial charge on any atom is -0.489 e. The molecular formula is C9H11ClFNO. The second-order valence-corrected chi connectivity index (χ2v) is 3.38. The number of anilines is 1. The van der Waals surface area contributed by atoms with Crippen molar-refractivity contribution in [3.05, 3.63) is 23.0 Å². The zero-order valence-electron chi connectivity index (χ0n) is 7.47. The van der Waals surface area contributed by atoms with E-state index < -0.39 is 5.82 Å². The number of benzene rings is 1. The molecule has 2 N–H and O–H groups in total. The fraction of sp³-hybridized carbons (Fsp3) is 0.333. The van der Waals surface area contributed by atoms with E-state index in [2.05, 4.69) is 0 Å². The molecule has 0 aliphatic heterocycles. The molecule has 2 nitrogen and oxygen atoms in total. The molecule has 0 heterocycles. The maximum atomic E-state index is 12.9. The molecule has 0 spiro atoms. The SMILES string of the molecule is CC(C)Oc1cc(F)c(Cl)cc1N. The average molecular weight is 204 g/mol. The predicted molar refractivity (Wildman–Crippen MR) is 51.6 cm³/mol. The van der Waals surface area contributed by atoms with Gasteiger partial charge in [-0.3, -0.25) is 0 Å². The van der Waals surface area contributed by atoms with Crippen LogP contribution in [-0.4, -0.2) is 6.10 Å². The molecule has 0 saturated carbocycles. The second kappa shape index (κ2) is 3.83. The molecule has 0 atom stereocenters. The summed E-state index contributed by atoms with van der Waals surface area (Å²) in [5.41, 5.74) is 5.91. The van der Waals surface area contributed by atoms with Gasteiger partial charge in [0.25, 0.3) is 0 Å². The number of nitrogens with two attached hydrogens (primary N) is 1. The summed E-state index contributed by atoms with van der Waals surface area (Å²) in [6.45, 7) is 3.68. The highest BCUT2D eigenvalue weighted by molar-refractivity contribution is 6.31. The largest absolute Gasteiger partial charge is 0.489 e. The minimum atomic E-state index is -0.522. The van der Waals surface area contributed by atoms with Crippen molar-refractivity contribution in [2.24, 2.45) is 0 Å². The molecule has 0 amide bonds. The molecule has 4 heteroatoms. The zero-order valence-corrected chi connectivity index (χ0v) is 8.23. The smallest absolute Gasteiger partial charge is 0.145 e. The summed E-state index contributed by atoms with van der Waals surface area (Å²) in [7, 11) is 0. The molecule has 0 fully saturated rings. The van der Waals surface area contributed by atoms with Gasteiger partial charge in [-0.15, -0.1) is 0 Å². The number of nitrogen functional groups attached to an aromatic ring is 1. The first-order chi connectivity index (χ1) is 6.00. The van der Waals surface area contributed by atoms with Gasteiger partial charge in [0.05, 0.1) is 16.8 Å². The van der Waals surface area contributed by atoms with Crippen LogP contribution in [0.25, 0.3) is 0 Å². The van der Waals surface area contributed by atoms with Crippen molar-refractivity contribution in [1.82, 2.24) is 0 Å². The highest BCUT2D eigenvalue weighted by atomic mass is 35.5. The van der Waals surface area contributed by atoms with Crippen molar-refractivity contribution in [2.45, 2.75) is 20.0 Å². The summed E-state index contributed by atoms with van der Waals surface area (Å²) >= 11 is 5.51. The van der Waals surface area contributed by atoms with Crippen LogP contribution in [0.15, 0.2) is 12.1 Å². The quantitative estimate of drug-likeness (QED) is 0.751. The average Bonchev–Trinajstić information content (AvgIpc) is 1.99. The zero-order chi connectivity index (χ0) is 10.0. The molecule has 0 saturated heterocycles. The first kappa shape index (κ1) is 10.1. The number of rotatable bonds is 2. The van der Waals surface area contributed by atoms with Crippen LogP contribution in [0.4, 0.5) is 10.1 Å². The summed E-state index contributed by atoms with van der Waals surface area (Å²) in [6.07, 6.45) is -0.0390. The molecule has 0 aromatic heterocycles. The molecule has 72 valence electrons. The van der Waals surface area contributed by atoms with E-state index >= 15 is 0 Å². The molecule has 13 heavy (non-hydrogen) atoms. The van der Waals surface area contributed by atoms with Gasteiger partial charge >= 0.3 is 0 Å². The van der Waals surface area contributed by atoms with Crippen LogP contribution in [-0.2, 0) is 0 Å². The summed E-state index contributed by atoms with van der Waals surface area (Å²) in [5, 5.41) is 0.00797. The Hall–Kier alpha value is -0.960. The van der Waals surface area contributed by atoms with Gasteiger partial charge in [-0.05, 0) is 19.9 Å². The number of ether oxygens (including phenoxy) is 1. The lowest BCUT2D eigenvalue weighted by Crippen LogP contribution is -2.07. The summed E-state index contributed by atoms with van der Waals surface area (Å²) < 4.78 is 18.2. The maximum Gasteiger partial charge on any atom is 0.145 e. The van der Waals surface area contributed by atoms with Gasteiger partial charge in [-0.25, -0.2) is 4.39 Å². The number of hydrogen-bond donors (Lipinski definition) is 1. The van der Waals surface area contributed by atoms with Crippen molar-refractivity contribution in [1.29, 1.82) is 0 Å². The van der Waals surface area contributed by atoms with Crippen molar-refractivity contribution in [2.75, 3.05) is 5.73 Å². The highest BCUT2D eigenvalue weighted by Gasteiger charge is 2.08. The molecule has 0 aliphatic rings. The third-order valence-electron chi connectivity index (χ3n) is 1.42. The lowest BCUT2D eigenvalue weighted by molar-refractivity contribution is 0.243. The van der Waals surface area contributed by atoms with Gasteiger partial charge in [0.15, 0.2) is 0 Å². The molecule has 1 aromatic rings. The Labute approximate surface area is 81.4 Å². The first-order valence-electron chi connectivity index (χ1n) is 3.92. The Bertz CT molecular complexity index is 315. The van der Waals surface area contributed by atoms with Crippen molar-refractivity contribution < 1.29 is 9.13 Å². The van der Waals surface area contributed by atoms with E-state index in [9.17, 15) is 4.39 Å². The van der Waals surface area contributed by atoms with Gasteiger partial charge in [0.2, 0.25) is 0 Å². The van der Waals surface area contributed by atoms with Crippen LogP contribution in [0, 0.1) is 5.82 Å². The van der Waals surface area contributed by atoms with E-state index in [1.807, 2.05) is 13.8 Å². The van der Waals surface area contributed by atoms with Crippen molar-refractivity contribution in [3.8, 4) is 5.75 Å². The standard InChI is InChI=1S/C9H11ClFNO/c1-5(2)13-9-4-7(11)6(10)3-8(9)12/h3-5H,12H2,1-2H3.